The number of carbonyl (C=O) groups excluding carboxylic acids is 1. The number of amides is 1. The molecule has 5 nitrogen and oxygen atoms in total. The second-order valence-corrected chi connectivity index (χ2v) is 9.79. The van der Waals surface area contributed by atoms with Crippen LogP contribution in [0, 0.1) is 12.8 Å². The fraction of sp³-hybridized carbons (Fsp3) is 0.588. The first-order chi connectivity index (χ1) is 11.2. The summed E-state index contributed by atoms with van der Waals surface area (Å²) in [7, 11) is -3.15. The van der Waals surface area contributed by atoms with Crippen LogP contribution in [0.15, 0.2) is 18.2 Å². The predicted molar refractivity (Wildman–Crippen MR) is 96.3 cm³/mol. The molecule has 2 atom stereocenters. The fourth-order valence-corrected chi connectivity index (χ4v) is 5.85. The third kappa shape index (κ3) is 3.32. The van der Waals surface area contributed by atoms with Gasteiger partial charge in [-0.05, 0) is 30.5 Å². The molecule has 132 valence electrons. The number of rotatable bonds is 3. The summed E-state index contributed by atoms with van der Waals surface area (Å²) in [6.45, 7) is 7.03. The van der Waals surface area contributed by atoms with Crippen LogP contribution in [0.25, 0.3) is 0 Å². The molecule has 1 aromatic rings. The first-order valence-electron chi connectivity index (χ1n) is 8.20. The van der Waals surface area contributed by atoms with E-state index in [-0.39, 0.29) is 36.0 Å². The Morgan fingerprint density at radius 1 is 1.25 bits per heavy atom. The van der Waals surface area contributed by atoms with E-state index in [2.05, 4.69) is 13.8 Å². The second-order valence-electron chi connectivity index (χ2n) is 7.23. The van der Waals surface area contributed by atoms with E-state index in [1.54, 1.807) is 11.0 Å². The molecule has 2 aliphatic rings. The van der Waals surface area contributed by atoms with E-state index in [0.29, 0.717) is 16.6 Å². The van der Waals surface area contributed by atoms with Crippen molar-refractivity contribution < 1.29 is 13.2 Å². The highest BCUT2D eigenvalue weighted by molar-refractivity contribution is 7.91. The van der Waals surface area contributed by atoms with Crippen LogP contribution in [-0.2, 0) is 14.6 Å². The van der Waals surface area contributed by atoms with Gasteiger partial charge in [-0.3, -0.25) is 9.69 Å². The SMILES string of the molecule is Cc1ccc(N2C(=O)CN(CC(C)C)C3CS(=O)(=O)CC32)cc1Cl. The average Bonchev–Trinajstić information content (AvgIpc) is 2.77. The first kappa shape index (κ1) is 17.7. The van der Waals surface area contributed by atoms with Crippen LogP contribution in [0.5, 0.6) is 0 Å². The number of nitrogens with zero attached hydrogens (tertiary/aromatic N) is 2. The number of fused-ring (bicyclic) bond motifs is 1. The van der Waals surface area contributed by atoms with Crippen molar-refractivity contribution in [1.82, 2.24) is 4.90 Å². The zero-order valence-corrected chi connectivity index (χ0v) is 15.8. The van der Waals surface area contributed by atoms with Crippen LogP contribution in [0.1, 0.15) is 19.4 Å². The van der Waals surface area contributed by atoms with Gasteiger partial charge in [-0.25, -0.2) is 8.42 Å². The maximum Gasteiger partial charge on any atom is 0.241 e. The minimum absolute atomic E-state index is 0.0174. The van der Waals surface area contributed by atoms with Gasteiger partial charge in [0, 0.05) is 23.3 Å². The molecule has 2 fully saturated rings. The molecule has 0 saturated carbocycles. The summed E-state index contributed by atoms with van der Waals surface area (Å²) >= 11 is 6.21. The molecular weight excluding hydrogens is 348 g/mol. The Balaban J connectivity index is 1.99. The fourth-order valence-electron chi connectivity index (χ4n) is 3.69. The van der Waals surface area contributed by atoms with Crippen molar-refractivity contribution in [3.8, 4) is 0 Å². The third-order valence-electron chi connectivity index (χ3n) is 4.73. The van der Waals surface area contributed by atoms with Gasteiger partial charge in [0.05, 0.1) is 24.1 Å². The molecule has 0 spiro atoms. The Hall–Kier alpha value is -1.11. The molecule has 0 aromatic heterocycles. The standard InChI is InChI=1S/C17H23ClN2O3S/c1-11(2)7-19-8-17(21)20(13-5-4-12(3)14(18)6-13)16-10-24(22,23)9-15(16)19/h4-6,11,15-16H,7-10H2,1-3H3. The van der Waals surface area contributed by atoms with E-state index in [1.165, 1.54) is 0 Å². The van der Waals surface area contributed by atoms with Crippen LogP contribution in [-0.4, -0.2) is 55.9 Å². The van der Waals surface area contributed by atoms with E-state index >= 15 is 0 Å². The van der Waals surface area contributed by atoms with E-state index in [9.17, 15) is 13.2 Å². The van der Waals surface area contributed by atoms with Crippen molar-refractivity contribution in [1.29, 1.82) is 0 Å². The molecule has 24 heavy (non-hydrogen) atoms. The number of halogens is 1. The number of aryl methyl sites for hydroxylation is 1. The number of hydrogen-bond acceptors (Lipinski definition) is 4. The average molecular weight is 371 g/mol. The van der Waals surface area contributed by atoms with E-state index < -0.39 is 9.84 Å². The normalized spacial score (nSPS) is 26.9. The van der Waals surface area contributed by atoms with Gasteiger partial charge >= 0.3 is 0 Å². The maximum absolute atomic E-state index is 12.8. The summed E-state index contributed by atoms with van der Waals surface area (Å²) in [4.78, 5) is 16.5. The van der Waals surface area contributed by atoms with Gasteiger partial charge in [-0.1, -0.05) is 31.5 Å². The van der Waals surface area contributed by atoms with Crippen molar-refractivity contribution in [2.45, 2.75) is 32.9 Å². The van der Waals surface area contributed by atoms with Crippen molar-refractivity contribution in [2.24, 2.45) is 5.92 Å². The molecule has 2 saturated heterocycles. The van der Waals surface area contributed by atoms with Gasteiger partial charge in [0.25, 0.3) is 0 Å². The number of piperazine rings is 1. The highest BCUT2D eigenvalue weighted by atomic mass is 35.5. The van der Waals surface area contributed by atoms with Gasteiger partial charge in [0.15, 0.2) is 9.84 Å². The molecule has 7 heteroatoms. The summed E-state index contributed by atoms with van der Waals surface area (Å²) in [5.41, 5.74) is 1.62. The molecule has 2 heterocycles. The van der Waals surface area contributed by atoms with Crippen molar-refractivity contribution >= 4 is 33.0 Å². The highest BCUT2D eigenvalue weighted by Gasteiger charge is 2.49. The summed E-state index contributed by atoms with van der Waals surface area (Å²) < 4.78 is 24.5. The predicted octanol–water partition coefficient (Wildman–Crippen LogP) is 2.12. The zero-order chi connectivity index (χ0) is 17.6. The molecule has 0 N–H and O–H groups in total. The number of hydrogen-bond donors (Lipinski definition) is 0. The minimum Gasteiger partial charge on any atom is -0.306 e. The highest BCUT2D eigenvalue weighted by Crippen LogP contribution is 2.33. The largest absolute Gasteiger partial charge is 0.306 e. The van der Waals surface area contributed by atoms with E-state index in [4.69, 9.17) is 11.6 Å². The van der Waals surface area contributed by atoms with Crippen LogP contribution in [0.4, 0.5) is 5.69 Å². The molecule has 3 rings (SSSR count). The van der Waals surface area contributed by atoms with Gasteiger partial charge in [0.2, 0.25) is 5.91 Å². The summed E-state index contributed by atoms with van der Waals surface area (Å²) in [6, 6.07) is 4.99. The van der Waals surface area contributed by atoms with Gasteiger partial charge < -0.3 is 4.90 Å². The number of sulfone groups is 1. The quantitative estimate of drug-likeness (QED) is 0.817. The second kappa shape index (κ2) is 6.32. The molecule has 0 bridgehead atoms. The van der Waals surface area contributed by atoms with Crippen molar-refractivity contribution in [3.63, 3.8) is 0 Å². The lowest BCUT2D eigenvalue weighted by molar-refractivity contribution is -0.123. The van der Waals surface area contributed by atoms with Gasteiger partial charge in [-0.15, -0.1) is 0 Å². The van der Waals surface area contributed by atoms with Gasteiger partial charge in [0.1, 0.15) is 0 Å². The van der Waals surface area contributed by atoms with Crippen LogP contribution < -0.4 is 4.90 Å². The van der Waals surface area contributed by atoms with E-state index in [1.807, 2.05) is 24.0 Å². The van der Waals surface area contributed by atoms with Crippen LogP contribution in [0.3, 0.4) is 0 Å². The van der Waals surface area contributed by atoms with Crippen molar-refractivity contribution in [2.75, 3.05) is 29.5 Å². The molecular formula is C17H23ClN2O3S. The van der Waals surface area contributed by atoms with Crippen molar-refractivity contribution in [3.05, 3.63) is 28.8 Å². The molecule has 0 radical (unpaired) electrons. The van der Waals surface area contributed by atoms with Crippen LogP contribution in [0.2, 0.25) is 5.02 Å². The molecule has 1 aromatic carbocycles. The summed E-state index contributed by atoms with van der Waals surface area (Å²) in [5, 5.41) is 0.585. The number of anilines is 1. The lowest BCUT2D eigenvalue weighted by Gasteiger charge is -2.44. The number of benzene rings is 1. The Bertz CT molecular complexity index is 763. The summed E-state index contributed by atoms with van der Waals surface area (Å²) in [5.74, 6) is 0.452. The summed E-state index contributed by atoms with van der Waals surface area (Å²) in [6.07, 6.45) is 0. The molecule has 2 aliphatic heterocycles. The lowest BCUT2D eigenvalue weighted by atomic mass is 10.0. The van der Waals surface area contributed by atoms with E-state index in [0.717, 1.165) is 12.1 Å². The lowest BCUT2D eigenvalue weighted by Crippen LogP contribution is -2.62. The smallest absolute Gasteiger partial charge is 0.241 e. The van der Waals surface area contributed by atoms with Gasteiger partial charge in [-0.2, -0.15) is 0 Å². The Kier molecular flexibility index (Phi) is 4.66. The Labute approximate surface area is 148 Å². The Morgan fingerprint density at radius 3 is 2.54 bits per heavy atom. The topological polar surface area (TPSA) is 57.7 Å². The number of carbonyl (C=O) groups is 1. The molecule has 2 unspecified atom stereocenters. The third-order valence-corrected chi connectivity index (χ3v) is 6.84. The Morgan fingerprint density at radius 2 is 1.92 bits per heavy atom. The molecule has 1 amide bonds. The zero-order valence-electron chi connectivity index (χ0n) is 14.2. The maximum atomic E-state index is 12.8. The minimum atomic E-state index is -3.15. The monoisotopic (exact) mass is 370 g/mol. The van der Waals surface area contributed by atoms with Crippen LogP contribution >= 0.6 is 11.6 Å². The molecule has 0 aliphatic carbocycles. The first-order valence-corrected chi connectivity index (χ1v) is 10.4.